The van der Waals surface area contributed by atoms with Crippen molar-refractivity contribution in [2.45, 2.75) is 0 Å². The Morgan fingerprint density at radius 1 is 1.03 bits per heavy atom. The normalized spacial score (nSPS) is 10.5. The Hall–Kier alpha value is -4.11. The summed E-state index contributed by atoms with van der Waals surface area (Å²) >= 11 is 5.23. The lowest BCUT2D eigenvalue weighted by Gasteiger charge is -2.10. The van der Waals surface area contributed by atoms with Crippen LogP contribution in [-0.4, -0.2) is 20.9 Å². The van der Waals surface area contributed by atoms with Gasteiger partial charge in [-0.3, -0.25) is 25.2 Å². The number of pyridine rings is 1. The van der Waals surface area contributed by atoms with E-state index >= 15 is 0 Å². The molecule has 2 heterocycles. The van der Waals surface area contributed by atoms with Crippen LogP contribution in [0, 0.1) is 10.1 Å². The summed E-state index contributed by atoms with van der Waals surface area (Å²) in [6.45, 7) is 0. The van der Waals surface area contributed by atoms with Gasteiger partial charge in [0, 0.05) is 17.6 Å². The van der Waals surface area contributed by atoms with Gasteiger partial charge in [-0.15, -0.1) is 0 Å². The monoisotopic (exact) mass is 418 g/mol. The second kappa shape index (κ2) is 8.10. The summed E-state index contributed by atoms with van der Waals surface area (Å²) in [5.41, 5.74) is 1.54. The van der Waals surface area contributed by atoms with E-state index in [0.29, 0.717) is 11.2 Å². The van der Waals surface area contributed by atoms with Crippen molar-refractivity contribution in [1.29, 1.82) is 0 Å². The number of aromatic nitrogens is 1. The highest BCUT2D eigenvalue weighted by atomic mass is 32.1. The van der Waals surface area contributed by atoms with Gasteiger partial charge >= 0.3 is 0 Å². The SMILES string of the molecule is O=C(NC(=S)Nc1cccc2cccnc12)c1ccc(-c2ccccc2[N+](=O)[O-])o1. The van der Waals surface area contributed by atoms with Gasteiger partial charge in [0.15, 0.2) is 10.9 Å². The van der Waals surface area contributed by atoms with Crippen LogP contribution in [0.3, 0.4) is 0 Å². The maximum absolute atomic E-state index is 12.5. The first-order chi connectivity index (χ1) is 14.5. The van der Waals surface area contributed by atoms with Crippen LogP contribution in [0.4, 0.5) is 11.4 Å². The van der Waals surface area contributed by atoms with Crippen molar-refractivity contribution >= 4 is 45.5 Å². The number of anilines is 1. The Labute approximate surface area is 175 Å². The van der Waals surface area contributed by atoms with Gasteiger partial charge in [-0.2, -0.15) is 0 Å². The number of thiocarbonyl (C=S) groups is 1. The molecule has 9 heteroatoms. The molecule has 0 bridgehead atoms. The lowest BCUT2D eigenvalue weighted by Crippen LogP contribution is -2.33. The summed E-state index contributed by atoms with van der Waals surface area (Å²) in [6, 6.07) is 18.4. The minimum absolute atomic E-state index is 0.0247. The van der Waals surface area contributed by atoms with E-state index in [1.54, 1.807) is 30.5 Å². The van der Waals surface area contributed by atoms with Crippen molar-refractivity contribution in [3.8, 4) is 11.3 Å². The standard InChI is InChI=1S/C21H14N4O4S/c26-20(18-11-10-17(29-18)14-7-1-2-9-16(14)25(27)28)24-21(30)23-15-8-3-5-13-6-4-12-22-19(13)15/h1-12H,(H2,23,24,26,30). The summed E-state index contributed by atoms with van der Waals surface area (Å²) in [6.07, 6.45) is 1.67. The Kier molecular flexibility index (Phi) is 5.19. The molecule has 1 amide bonds. The van der Waals surface area contributed by atoms with Crippen LogP contribution < -0.4 is 10.6 Å². The number of para-hydroxylation sites is 2. The number of nitrogens with one attached hydrogen (secondary N) is 2. The van der Waals surface area contributed by atoms with Gasteiger partial charge in [0.25, 0.3) is 11.6 Å². The van der Waals surface area contributed by atoms with Gasteiger partial charge in [-0.1, -0.05) is 30.3 Å². The molecule has 0 saturated heterocycles. The van der Waals surface area contributed by atoms with E-state index in [1.807, 2.05) is 24.3 Å². The maximum Gasteiger partial charge on any atom is 0.293 e. The molecule has 0 atom stereocenters. The van der Waals surface area contributed by atoms with Gasteiger partial charge < -0.3 is 9.73 Å². The second-order valence-electron chi connectivity index (χ2n) is 6.23. The highest BCUT2D eigenvalue weighted by molar-refractivity contribution is 7.80. The van der Waals surface area contributed by atoms with E-state index in [9.17, 15) is 14.9 Å². The molecular formula is C21H14N4O4S. The fourth-order valence-corrected chi connectivity index (χ4v) is 3.17. The van der Waals surface area contributed by atoms with Crippen LogP contribution in [0.15, 0.2) is 77.3 Å². The number of benzene rings is 2. The third-order valence-electron chi connectivity index (χ3n) is 4.30. The second-order valence-corrected chi connectivity index (χ2v) is 6.64. The quantitative estimate of drug-likeness (QED) is 0.285. The molecule has 0 aliphatic heterocycles. The Bertz CT molecular complexity index is 1280. The van der Waals surface area contributed by atoms with E-state index in [0.717, 1.165) is 5.39 Å². The molecule has 8 nitrogen and oxygen atoms in total. The molecular weight excluding hydrogens is 404 g/mol. The predicted octanol–water partition coefficient (Wildman–Crippen LogP) is 4.53. The summed E-state index contributed by atoms with van der Waals surface area (Å²) in [5, 5.41) is 17.7. The third-order valence-corrected chi connectivity index (χ3v) is 4.51. The van der Waals surface area contributed by atoms with Crippen LogP contribution in [0.5, 0.6) is 0 Å². The predicted molar refractivity (Wildman–Crippen MR) is 116 cm³/mol. The van der Waals surface area contributed by atoms with Crippen molar-refractivity contribution in [3.05, 3.63) is 88.8 Å². The Morgan fingerprint density at radius 2 is 1.83 bits per heavy atom. The van der Waals surface area contributed by atoms with Crippen LogP contribution in [0.25, 0.3) is 22.2 Å². The number of nitro groups is 1. The molecule has 0 saturated carbocycles. The average Bonchev–Trinajstić information content (AvgIpc) is 3.24. The number of hydrogen-bond acceptors (Lipinski definition) is 6. The number of carbonyl (C=O) groups is 1. The zero-order chi connectivity index (χ0) is 21.1. The number of nitro benzene ring substituents is 1. The van der Waals surface area contributed by atoms with Gasteiger partial charge in [0.2, 0.25) is 0 Å². The molecule has 0 unspecified atom stereocenters. The molecule has 0 aliphatic rings. The fourth-order valence-electron chi connectivity index (χ4n) is 2.97. The number of furan rings is 1. The lowest BCUT2D eigenvalue weighted by molar-refractivity contribution is -0.384. The van der Waals surface area contributed by atoms with Gasteiger partial charge in [-0.25, -0.2) is 0 Å². The molecule has 30 heavy (non-hydrogen) atoms. The van der Waals surface area contributed by atoms with E-state index < -0.39 is 10.8 Å². The first-order valence-corrected chi connectivity index (χ1v) is 9.23. The fraction of sp³-hybridized carbons (Fsp3) is 0. The van der Waals surface area contributed by atoms with Crippen molar-refractivity contribution in [3.63, 3.8) is 0 Å². The smallest absolute Gasteiger partial charge is 0.293 e. The summed E-state index contributed by atoms with van der Waals surface area (Å²) < 4.78 is 5.53. The largest absolute Gasteiger partial charge is 0.451 e. The molecule has 148 valence electrons. The zero-order valence-electron chi connectivity index (χ0n) is 15.4. The molecule has 4 aromatic rings. The highest BCUT2D eigenvalue weighted by Gasteiger charge is 2.19. The number of carbonyl (C=O) groups excluding carboxylic acids is 1. The van der Waals surface area contributed by atoms with Crippen LogP contribution in [0.2, 0.25) is 0 Å². The Morgan fingerprint density at radius 3 is 2.67 bits per heavy atom. The van der Waals surface area contributed by atoms with Crippen molar-refractivity contribution in [2.24, 2.45) is 0 Å². The summed E-state index contributed by atoms with van der Waals surface area (Å²) in [5.74, 6) is -0.390. The minimum Gasteiger partial charge on any atom is -0.451 e. The van der Waals surface area contributed by atoms with Crippen molar-refractivity contribution < 1.29 is 14.1 Å². The van der Waals surface area contributed by atoms with Gasteiger partial charge in [0.1, 0.15) is 5.76 Å². The highest BCUT2D eigenvalue weighted by Crippen LogP contribution is 2.30. The number of nitrogens with zero attached hydrogens (tertiary/aromatic N) is 2. The minimum atomic E-state index is -0.578. The number of rotatable bonds is 4. The Balaban J connectivity index is 1.50. The topological polar surface area (TPSA) is 110 Å². The van der Waals surface area contributed by atoms with Crippen molar-refractivity contribution in [1.82, 2.24) is 10.3 Å². The number of amides is 1. The zero-order valence-corrected chi connectivity index (χ0v) is 16.2. The first-order valence-electron chi connectivity index (χ1n) is 8.82. The van der Waals surface area contributed by atoms with E-state index in [2.05, 4.69) is 15.6 Å². The molecule has 2 aromatic heterocycles. The van der Waals surface area contributed by atoms with E-state index in [1.165, 1.54) is 18.2 Å². The maximum atomic E-state index is 12.5. The van der Waals surface area contributed by atoms with Crippen LogP contribution in [0.1, 0.15) is 10.6 Å². The molecule has 0 radical (unpaired) electrons. The number of hydrogen-bond donors (Lipinski definition) is 2. The first kappa shape index (κ1) is 19.2. The number of fused-ring (bicyclic) bond motifs is 1. The molecule has 2 N–H and O–H groups in total. The van der Waals surface area contributed by atoms with Crippen molar-refractivity contribution in [2.75, 3.05) is 5.32 Å². The third kappa shape index (κ3) is 3.87. The van der Waals surface area contributed by atoms with E-state index in [4.69, 9.17) is 16.6 Å². The van der Waals surface area contributed by atoms with Crippen LogP contribution in [-0.2, 0) is 0 Å². The molecule has 0 aliphatic carbocycles. The van der Waals surface area contributed by atoms with Gasteiger partial charge in [0.05, 0.1) is 21.7 Å². The van der Waals surface area contributed by atoms with Crippen LogP contribution >= 0.6 is 12.2 Å². The summed E-state index contributed by atoms with van der Waals surface area (Å²) in [7, 11) is 0. The van der Waals surface area contributed by atoms with E-state index in [-0.39, 0.29) is 27.9 Å². The molecule has 0 fully saturated rings. The molecule has 0 spiro atoms. The van der Waals surface area contributed by atoms with Gasteiger partial charge in [-0.05, 0) is 42.5 Å². The average molecular weight is 418 g/mol. The summed E-state index contributed by atoms with van der Waals surface area (Å²) in [4.78, 5) is 27.5. The lowest BCUT2D eigenvalue weighted by atomic mass is 10.1. The molecule has 4 rings (SSSR count). The molecule has 2 aromatic carbocycles.